The van der Waals surface area contributed by atoms with Crippen LogP contribution in [0.25, 0.3) is 0 Å². The van der Waals surface area contributed by atoms with Crippen molar-refractivity contribution in [1.82, 2.24) is 0 Å². The van der Waals surface area contributed by atoms with E-state index >= 15 is 0 Å². The number of para-hydroxylation sites is 2. The topological polar surface area (TPSA) is 28.2 Å². The minimum Gasteiger partial charge on any atom is -0.355 e. The second kappa shape index (κ2) is 32.8. The van der Waals surface area contributed by atoms with E-state index in [2.05, 4.69) is 421 Å². The minimum atomic E-state index is -0.0327. The molecule has 1 N–H and O–H groups in total. The summed E-state index contributed by atoms with van der Waals surface area (Å²) in [5.74, 6) is 0. The Morgan fingerprint density at radius 2 is 0.728 bits per heavy atom. The molecule has 0 radical (unpaired) electrons. The first-order valence-electron chi connectivity index (χ1n) is 46.5. The van der Waals surface area contributed by atoms with Crippen molar-refractivity contribution in [3.8, 4) is 0 Å². The van der Waals surface area contributed by atoms with E-state index in [1.165, 1.54) is 227 Å². The number of fused-ring (bicyclic) bond motifs is 8. The van der Waals surface area contributed by atoms with Crippen molar-refractivity contribution in [2.45, 2.75) is 311 Å². The second-order valence-corrected chi connectivity index (χ2v) is 46.1. The monoisotopic (exact) mass is 1720 g/mol. The van der Waals surface area contributed by atoms with Gasteiger partial charge in [0.25, 0.3) is 0 Å². The molecular formula is C116H139ClN6S2. The van der Waals surface area contributed by atoms with Gasteiger partial charge in [-0.2, -0.15) is 0 Å². The third-order valence-corrected chi connectivity index (χ3v) is 32.9. The molecule has 2 saturated carbocycles. The van der Waals surface area contributed by atoms with Crippen LogP contribution in [0.5, 0.6) is 0 Å². The zero-order chi connectivity index (χ0) is 89.4. The van der Waals surface area contributed by atoms with E-state index in [0.717, 1.165) is 22.7 Å². The highest BCUT2D eigenvalue weighted by molar-refractivity contribution is 7.11. The van der Waals surface area contributed by atoms with Gasteiger partial charge in [-0.3, -0.25) is 0 Å². The van der Waals surface area contributed by atoms with E-state index in [9.17, 15) is 0 Å². The van der Waals surface area contributed by atoms with Crippen molar-refractivity contribution < 1.29 is 0 Å². The molecule has 125 heavy (non-hydrogen) atoms. The molecule has 9 heteroatoms. The van der Waals surface area contributed by atoms with Crippen LogP contribution in [0, 0.1) is 55.4 Å². The van der Waals surface area contributed by atoms with Gasteiger partial charge >= 0.3 is 0 Å². The summed E-state index contributed by atoms with van der Waals surface area (Å²) in [5.41, 5.74) is 38.4. The largest absolute Gasteiger partial charge is 0.355 e. The molecule has 2 aliphatic heterocycles. The van der Waals surface area contributed by atoms with Crippen molar-refractivity contribution in [3.05, 3.63) is 310 Å². The fourth-order valence-electron chi connectivity index (χ4n) is 24.3. The lowest BCUT2D eigenvalue weighted by Crippen LogP contribution is -2.52. The van der Waals surface area contributed by atoms with Gasteiger partial charge < -0.3 is 29.8 Å². The summed E-state index contributed by atoms with van der Waals surface area (Å²) >= 11 is 10.5. The first kappa shape index (κ1) is 89.1. The highest BCUT2D eigenvalue weighted by Gasteiger charge is 2.59. The average Bonchev–Trinajstić information content (AvgIpc) is 1.59. The maximum atomic E-state index is 6.67. The number of hydrogen-bond donors (Lipinski definition) is 1. The highest BCUT2D eigenvalue weighted by atomic mass is 35.5. The van der Waals surface area contributed by atoms with Gasteiger partial charge in [-0.05, 0) is 318 Å². The quantitative estimate of drug-likeness (QED) is 0.124. The summed E-state index contributed by atoms with van der Waals surface area (Å²) in [7, 11) is 0. The summed E-state index contributed by atoms with van der Waals surface area (Å²) in [4.78, 5) is 16.1. The van der Waals surface area contributed by atoms with Crippen LogP contribution in [0.4, 0.5) is 85.3 Å². The van der Waals surface area contributed by atoms with Gasteiger partial charge in [0, 0.05) is 110 Å². The lowest BCUT2D eigenvalue weighted by atomic mass is 9.66. The maximum absolute atomic E-state index is 6.67. The molecule has 0 spiro atoms. The van der Waals surface area contributed by atoms with Crippen molar-refractivity contribution in [1.29, 1.82) is 0 Å². The van der Waals surface area contributed by atoms with Gasteiger partial charge in [0.1, 0.15) is 0 Å². The molecule has 6 nitrogen and oxygen atoms in total. The molecule has 6 aliphatic rings. The molecule has 10 aromatic carbocycles. The van der Waals surface area contributed by atoms with Crippen LogP contribution in [0.15, 0.2) is 217 Å². The Labute approximate surface area is 764 Å². The third kappa shape index (κ3) is 16.1. The molecule has 2 aromatic heterocycles. The number of thiophene rings is 2. The molecule has 0 saturated heterocycles. The summed E-state index contributed by atoms with van der Waals surface area (Å²) in [6, 6.07) is 78.1. The van der Waals surface area contributed by atoms with E-state index in [1.807, 2.05) is 28.7 Å². The van der Waals surface area contributed by atoms with Gasteiger partial charge in [0.05, 0.1) is 33.8 Å². The summed E-state index contributed by atoms with van der Waals surface area (Å²) in [6.45, 7) is 61.0. The normalized spacial score (nSPS) is 21.0. The number of benzene rings is 10. The first-order chi connectivity index (χ1) is 58.9. The van der Waals surface area contributed by atoms with E-state index in [0.29, 0.717) is 5.41 Å². The number of aryl methyl sites for hydroxylation is 8. The van der Waals surface area contributed by atoms with Crippen LogP contribution in [0.1, 0.15) is 289 Å². The van der Waals surface area contributed by atoms with Crippen LogP contribution in [0.2, 0.25) is 5.02 Å². The van der Waals surface area contributed by atoms with Crippen LogP contribution < -0.4 is 29.8 Å². The van der Waals surface area contributed by atoms with Crippen molar-refractivity contribution >= 4 is 120 Å². The molecule has 2 fully saturated rings. The number of anilines is 15. The van der Waals surface area contributed by atoms with Gasteiger partial charge in [-0.25, -0.2) is 0 Å². The Kier molecular flexibility index (Phi) is 23.4. The molecular weight excluding hydrogens is 1580 g/mol. The lowest BCUT2D eigenvalue weighted by molar-refractivity contribution is 0.261. The van der Waals surface area contributed by atoms with Crippen LogP contribution in [-0.2, 0) is 43.3 Å². The Balaban J connectivity index is 0.000000155. The Morgan fingerprint density at radius 3 is 1.17 bits per heavy atom. The predicted molar refractivity (Wildman–Crippen MR) is 545 cm³/mol. The molecule has 4 aliphatic carbocycles. The number of nitrogens with zero attached hydrogens (tertiary/aromatic N) is 5. The van der Waals surface area contributed by atoms with Gasteiger partial charge in [-0.15, -0.1) is 22.7 Å². The van der Waals surface area contributed by atoms with E-state index in [-0.39, 0.29) is 49.0 Å². The van der Waals surface area contributed by atoms with E-state index < -0.39 is 0 Å². The van der Waals surface area contributed by atoms with Crippen LogP contribution in [0.3, 0.4) is 0 Å². The predicted octanol–water partition coefficient (Wildman–Crippen LogP) is 35.2. The minimum absolute atomic E-state index is 0.0125. The Bertz CT molecular complexity index is 5960. The fraction of sp³-hybridized carbons (Fsp3) is 0.414. The van der Waals surface area contributed by atoms with Crippen LogP contribution in [-0.4, -0.2) is 11.1 Å². The van der Waals surface area contributed by atoms with Crippen molar-refractivity contribution in [3.63, 3.8) is 0 Å². The summed E-state index contributed by atoms with van der Waals surface area (Å²) in [5, 5.41) is 9.18. The molecule has 0 bridgehead atoms. The maximum Gasteiger partial charge on any atom is 0.0609 e. The number of halogens is 1. The molecule has 652 valence electrons. The van der Waals surface area contributed by atoms with Gasteiger partial charge in [-0.1, -0.05) is 257 Å². The van der Waals surface area contributed by atoms with E-state index in [4.69, 9.17) is 11.6 Å². The summed E-state index contributed by atoms with van der Waals surface area (Å²) in [6.07, 6.45) is 14.8. The standard InChI is InChI=1S/C58H69N3S.C37H41ClN2.C21H29NS/c1-38-30-40(3)52(41(4)31-38)60(45-26-27-49-48(35-45)57(12)28-18-15-19-29-58(57,13)61(49)44-20-16-14-17-21-44)47-33-39(2)32-46(34-47)59(43-24-22-42(23-25-43)54(5,6)7)50-36-62-53-51(50)55(8,9)37-56(53,10)11;1-25-19-27(3)35(28(4)20-25)39(32-22-26(2)21-29(38)23-32)31-15-16-34-33(24-31)36(5)17-11-8-12-18-37(36,6)40(34)30-13-9-7-10-14-30;1-19(2,3)14-8-10-15(11-9-14)22-16-12-23-18-17(16)20(4,5)13-21(18,6)7/h14,16-17,20-27,30-36H,15,18-19,28-29,37H2,1-13H3;7,9-10,13-16,19-24H,8,11-12,17-18H2,1-6H3;8-12,22H,13H2,1-7H3. The molecule has 12 aromatic rings. The summed E-state index contributed by atoms with van der Waals surface area (Å²) < 4.78 is 0. The Hall–Kier alpha value is -9.31. The zero-order valence-electron chi connectivity index (χ0n) is 80.2. The molecule has 0 amide bonds. The van der Waals surface area contributed by atoms with Gasteiger partial charge in [0.2, 0.25) is 0 Å². The lowest BCUT2D eigenvalue weighted by Gasteiger charge is -2.46. The second-order valence-electron chi connectivity index (χ2n) is 43.9. The van der Waals surface area contributed by atoms with Gasteiger partial charge in [0.15, 0.2) is 0 Å². The number of hydrogen-bond acceptors (Lipinski definition) is 8. The average molecular weight is 1720 g/mol. The highest BCUT2D eigenvalue weighted by Crippen LogP contribution is 2.65. The van der Waals surface area contributed by atoms with Crippen molar-refractivity contribution in [2.24, 2.45) is 0 Å². The SMILES string of the molecule is CC(C)(C)c1ccc(Nc2csc3c2C(C)(C)CC3(C)C)cc1.Cc1cc(Cl)cc(N(c2ccc3c(c2)C2(C)CCCCCC2(C)N3c2ccccc2)c2c(C)cc(C)cc2C)c1.Cc1cc(N(c2ccc(C(C)(C)C)cc2)c2csc3c2C(C)(C)CC3(C)C)cc(N(c2ccc3c(c2)C2(C)CCCCCC2(C)N3c2ccccc2)c2c(C)cc(C)cc2C)c1. The smallest absolute Gasteiger partial charge is 0.0609 e. The molecule has 4 unspecified atom stereocenters. The molecule has 18 rings (SSSR count). The number of rotatable bonds is 13. The van der Waals surface area contributed by atoms with E-state index in [1.54, 1.807) is 4.88 Å². The third-order valence-electron chi connectivity index (χ3n) is 30.0. The van der Waals surface area contributed by atoms with Crippen LogP contribution >= 0.6 is 34.3 Å². The Morgan fingerprint density at radius 1 is 0.352 bits per heavy atom. The number of nitrogens with one attached hydrogen (secondary N) is 1. The zero-order valence-corrected chi connectivity index (χ0v) is 82.6. The fourth-order valence-corrected chi connectivity index (χ4v) is 27.3. The molecule has 4 heterocycles. The molecule has 4 atom stereocenters. The van der Waals surface area contributed by atoms with Crippen molar-refractivity contribution in [2.75, 3.05) is 29.8 Å². The first-order valence-corrected chi connectivity index (χ1v) is 48.7.